The van der Waals surface area contributed by atoms with Gasteiger partial charge < -0.3 is 20.4 Å². The number of rotatable bonds is 1. The first-order chi connectivity index (χ1) is 9.93. The molecule has 1 heterocycles. The Morgan fingerprint density at radius 3 is 2.43 bits per heavy atom. The number of fused-ring (bicyclic) bond motifs is 1. The van der Waals surface area contributed by atoms with E-state index in [-0.39, 0.29) is 22.3 Å². The Morgan fingerprint density at radius 2 is 1.76 bits per heavy atom. The fourth-order valence-electron chi connectivity index (χ4n) is 2.66. The number of aliphatic hydroxyl groups is 1. The van der Waals surface area contributed by atoms with Crippen LogP contribution in [0.4, 0.5) is 0 Å². The first kappa shape index (κ1) is 14.0. The number of phenols is 3. The van der Waals surface area contributed by atoms with Gasteiger partial charge >= 0.3 is 0 Å². The van der Waals surface area contributed by atoms with Gasteiger partial charge in [0.2, 0.25) is 0 Å². The predicted octanol–water partition coefficient (Wildman–Crippen LogP) is 1.80. The first-order valence-corrected chi connectivity index (χ1v) is 6.82. The minimum atomic E-state index is -1.55. The van der Waals surface area contributed by atoms with E-state index in [1.165, 1.54) is 18.2 Å². The highest BCUT2D eigenvalue weighted by Crippen LogP contribution is 2.44. The summed E-state index contributed by atoms with van der Waals surface area (Å²) < 4.78 is 0. The van der Waals surface area contributed by atoms with E-state index < -0.39 is 5.72 Å². The molecular weight excluding hydrogens is 294 g/mol. The topological polar surface area (TPSA) is 93.0 Å². The molecule has 110 valence electrons. The summed E-state index contributed by atoms with van der Waals surface area (Å²) in [4.78, 5) is 0. The molecule has 0 fully saturated rings. The van der Waals surface area contributed by atoms with E-state index in [0.29, 0.717) is 29.7 Å². The van der Waals surface area contributed by atoms with E-state index in [2.05, 4.69) is 5.32 Å². The Hall–Kier alpha value is -1.95. The van der Waals surface area contributed by atoms with Crippen LogP contribution in [0.5, 0.6) is 17.2 Å². The van der Waals surface area contributed by atoms with Crippen molar-refractivity contribution in [2.75, 3.05) is 6.54 Å². The van der Waals surface area contributed by atoms with Gasteiger partial charge in [0.05, 0.1) is 5.02 Å². The molecule has 1 aliphatic heterocycles. The van der Waals surface area contributed by atoms with Crippen molar-refractivity contribution in [2.45, 2.75) is 12.1 Å². The highest BCUT2D eigenvalue weighted by molar-refractivity contribution is 6.33. The second kappa shape index (κ2) is 4.80. The highest BCUT2D eigenvalue weighted by Gasteiger charge is 2.38. The van der Waals surface area contributed by atoms with Crippen molar-refractivity contribution in [3.8, 4) is 17.2 Å². The summed E-state index contributed by atoms with van der Waals surface area (Å²) in [5, 5.41) is 42.9. The quantitative estimate of drug-likeness (QED) is 0.518. The summed E-state index contributed by atoms with van der Waals surface area (Å²) in [6.07, 6.45) is 0.516. The zero-order chi connectivity index (χ0) is 15.2. The van der Waals surface area contributed by atoms with Gasteiger partial charge in [0.15, 0.2) is 17.2 Å². The first-order valence-electron chi connectivity index (χ1n) is 6.44. The molecular formula is C15H14ClNO4. The molecule has 0 amide bonds. The Morgan fingerprint density at radius 1 is 1.10 bits per heavy atom. The molecule has 2 aromatic rings. The summed E-state index contributed by atoms with van der Waals surface area (Å²) in [5.41, 5.74) is -0.0701. The fraction of sp³-hybridized carbons (Fsp3) is 0.200. The van der Waals surface area contributed by atoms with E-state index in [0.717, 1.165) is 0 Å². The van der Waals surface area contributed by atoms with E-state index >= 15 is 0 Å². The molecule has 0 saturated carbocycles. The second-order valence-electron chi connectivity index (χ2n) is 5.02. The van der Waals surface area contributed by atoms with Gasteiger partial charge in [-0.3, -0.25) is 5.32 Å². The van der Waals surface area contributed by atoms with Gasteiger partial charge in [0, 0.05) is 17.7 Å². The number of halogens is 1. The van der Waals surface area contributed by atoms with Gasteiger partial charge in [-0.2, -0.15) is 0 Å². The van der Waals surface area contributed by atoms with Crippen molar-refractivity contribution in [2.24, 2.45) is 0 Å². The predicted molar refractivity (Wildman–Crippen MR) is 77.6 cm³/mol. The molecule has 5 nitrogen and oxygen atoms in total. The van der Waals surface area contributed by atoms with Crippen molar-refractivity contribution in [3.05, 3.63) is 52.0 Å². The SMILES string of the molecule is Oc1ccc(C2(O)NCCc3c2cc(O)c(O)c3Cl)cc1. The van der Waals surface area contributed by atoms with Crippen LogP contribution in [0.15, 0.2) is 30.3 Å². The standard InChI is InChI=1S/C15H14ClNO4/c16-13-10-5-6-17-15(21,8-1-3-9(18)4-2-8)11(10)7-12(19)14(13)20/h1-4,7,17-21H,5-6H2. The van der Waals surface area contributed by atoms with Crippen LogP contribution in [0.3, 0.4) is 0 Å². The van der Waals surface area contributed by atoms with E-state index in [1.807, 2.05) is 0 Å². The van der Waals surface area contributed by atoms with Gasteiger partial charge in [-0.05, 0) is 30.2 Å². The summed E-state index contributed by atoms with van der Waals surface area (Å²) in [6.45, 7) is 0.453. The number of hydrogen-bond acceptors (Lipinski definition) is 5. The van der Waals surface area contributed by atoms with E-state index in [9.17, 15) is 20.4 Å². The molecule has 0 aliphatic carbocycles. The molecule has 21 heavy (non-hydrogen) atoms. The number of phenolic OH excluding ortho intramolecular Hbond substituents is 3. The summed E-state index contributed by atoms with van der Waals surface area (Å²) in [5.74, 6) is -0.685. The molecule has 0 bridgehead atoms. The Balaban J connectivity index is 2.22. The van der Waals surface area contributed by atoms with Crippen LogP contribution in [-0.2, 0) is 12.1 Å². The fourth-order valence-corrected chi connectivity index (χ4v) is 2.95. The zero-order valence-corrected chi connectivity index (χ0v) is 11.7. The molecule has 3 rings (SSSR count). The van der Waals surface area contributed by atoms with Crippen molar-refractivity contribution in [1.29, 1.82) is 0 Å². The molecule has 1 atom stereocenters. The second-order valence-corrected chi connectivity index (χ2v) is 5.40. The van der Waals surface area contributed by atoms with Crippen LogP contribution < -0.4 is 5.32 Å². The molecule has 0 saturated heterocycles. The Bertz CT molecular complexity index is 702. The smallest absolute Gasteiger partial charge is 0.176 e. The van der Waals surface area contributed by atoms with Gasteiger partial charge in [0.1, 0.15) is 5.75 Å². The Labute approximate surface area is 126 Å². The number of hydrogen-bond donors (Lipinski definition) is 5. The van der Waals surface area contributed by atoms with Gasteiger partial charge in [-0.15, -0.1) is 0 Å². The van der Waals surface area contributed by atoms with Crippen molar-refractivity contribution < 1.29 is 20.4 Å². The third-order valence-corrected chi connectivity index (χ3v) is 4.16. The van der Waals surface area contributed by atoms with E-state index in [4.69, 9.17) is 11.6 Å². The number of aromatic hydroxyl groups is 3. The average Bonchev–Trinajstić information content (AvgIpc) is 2.47. The average molecular weight is 308 g/mol. The van der Waals surface area contributed by atoms with Gasteiger partial charge in [-0.1, -0.05) is 23.7 Å². The lowest BCUT2D eigenvalue weighted by Crippen LogP contribution is -2.48. The maximum Gasteiger partial charge on any atom is 0.176 e. The lowest BCUT2D eigenvalue weighted by Gasteiger charge is -2.36. The molecule has 2 aromatic carbocycles. The van der Waals surface area contributed by atoms with Crippen molar-refractivity contribution in [3.63, 3.8) is 0 Å². The minimum absolute atomic E-state index is 0.0451. The van der Waals surface area contributed by atoms with Crippen LogP contribution in [-0.4, -0.2) is 27.0 Å². The maximum absolute atomic E-state index is 11.0. The molecule has 0 spiro atoms. The van der Waals surface area contributed by atoms with Crippen molar-refractivity contribution in [1.82, 2.24) is 5.32 Å². The molecule has 5 N–H and O–H groups in total. The molecule has 6 heteroatoms. The highest BCUT2D eigenvalue weighted by atomic mass is 35.5. The van der Waals surface area contributed by atoms with Crippen LogP contribution in [0.1, 0.15) is 16.7 Å². The largest absolute Gasteiger partial charge is 0.508 e. The van der Waals surface area contributed by atoms with Crippen molar-refractivity contribution >= 4 is 11.6 Å². The van der Waals surface area contributed by atoms with Crippen LogP contribution >= 0.6 is 11.6 Å². The lowest BCUT2D eigenvalue weighted by molar-refractivity contribution is 0.0363. The van der Waals surface area contributed by atoms with Gasteiger partial charge in [-0.25, -0.2) is 0 Å². The van der Waals surface area contributed by atoms with Crippen LogP contribution in [0, 0.1) is 0 Å². The normalized spacial score (nSPS) is 21.0. The van der Waals surface area contributed by atoms with Gasteiger partial charge in [0.25, 0.3) is 0 Å². The zero-order valence-electron chi connectivity index (χ0n) is 11.0. The summed E-state index contributed by atoms with van der Waals surface area (Å²) in [6, 6.07) is 7.39. The molecule has 0 radical (unpaired) electrons. The Kier molecular flexibility index (Phi) is 3.20. The van der Waals surface area contributed by atoms with Crippen LogP contribution in [0.25, 0.3) is 0 Å². The van der Waals surface area contributed by atoms with Crippen LogP contribution in [0.2, 0.25) is 5.02 Å². The molecule has 1 aliphatic rings. The monoisotopic (exact) mass is 307 g/mol. The number of benzene rings is 2. The molecule has 0 aromatic heterocycles. The number of nitrogens with one attached hydrogen (secondary N) is 1. The third-order valence-electron chi connectivity index (χ3n) is 3.75. The summed E-state index contributed by atoms with van der Waals surface area (Å²) in [7, 11) is 0. The third kappa shape index (κ3) is 2.10. The summed E-state index contributed by atoms with van der Waals surface area (Å²) >= 11 is 6.07. The minimum Gasteiger partial charge on any atom is -0.508 e. The van der Waals surface area contributed by atoms with E-state index in [1.54, 1.807) is 12.1 Å². The molecule has 1 unspecified atom stereocenters. The lowest BCUT2D eigenvalue weighted by atomic mass is 9.86. The maximum atomic E-state index is 11.0.